The van der Waals surface area contributed by atoms with Crippen LogP contribution in [-0.4, -0.2) is 25.1 Å². The second-order valence-corrected chi connectivity index (χ2v) is 5.27. The van der Waals surface area contributed by atoms with Gasteiger partial charge in [0.25, 0.3) is 0 Å². The van der Waals surface area contributed by atoms with E-state index < -0.39 is 0 Å². The van der Waals surface area contributed by atoms with Crippen molar-refractivity contribution in [1.29, 1.82) is 0 Å². The lowest BCUT2D eigenvalue weighted by molar-refractivity contribution is 0.674. The normalized spacial score (nSPS) is 33.2. The van der Waals surface area contributed by atoms with E-state index in [1.54, 1.807) is 11.1 Å². The van der Waals surface area contributed by atoms with Crippen LogP contribution in [0.25, 0.3) is 0 Å². The SMILES string of the molecule is c1ccc2c(c1)CC1C(NC3=NCCCN3)C21. The fraction of sp³-hybridized carbons (Fsp3) is 0.500. The molecule has 1 saturated carbocycles. The van der Waals surface area contributed by atoms with Crippen molar-refractivity contribution in [1.82, 2.24) is 10.6 Å². The lowest BCUT2D eigenvalue weighted by atomic mass is 10.1. The Morgan fingerprint density at radius 1 is 1.29 bits per heavy atom. The summed E-state index contributed by atoms with van der Waals surface area (Å²) >= 11 is 0. The molecule has 3 heteroatoms. The first kappa shape index (κ1) is 9.51. The number of fused-ring (bicyclic) bond motifs is 3. The minimum absolute atomic E-state index is 0.620. The number of benzene rings is 1. The van der Waals surface area contributed by atoms with Gasteiger partial charge in [0, 0.05) is 25.0 Å². The van der Waals surface area contributed by atoms with E-state index in [1.807, 2.05) is 0 Å². The van der Waals surface area contributed by atoms with Crippen LogP contribution in [0.5, 0.6) is 0 Å². The van der Waals surface area contributed by atoms with Crippen molar-refractivity contribution in [3.63, 3.8) is 0 Å². The van der Waals surface area contributed by atoms with Gasteiger partial charge in [-0.1, -0.05) is 24.3 Å². The highest BCUT2D eigenvalue weighted by atomic mass is 15.2. The number of hydrogen-bond acceptors (Lipinski definition) is 3. The molecule has 0 bridgehead atoms. The molecule has 3 unspecified atom stereocenters. The third-order valence-corrected chi connectivity index (χ3v) is 4.24. The van der Waals surface area contributed by atoms with Gasteiger partial charge in [0.1, 0.15) is 0 Å². The summed E-state index contributed by atoms with van der Waals surface area (Å²) in [6.07, 6.45) is 2.40. The van der Waals surface area contributed by atoms with Crippen molar-refractivity contribution in [2.24, 2.45) is 10.9 Å². The van der Waals surface area contributed by atoms with Crippen molar-refractivity contribution in [2.45, 2.75) is 24.8 Å². The van der Waals surface area contributed by atoms with Crippen molar-refractivity contribution in [2.75, 3.05) is 13.1 Å². The zero-order valence-electron chi connectivity index (χ0n) is 9.82. The zero-order chi connectivity index (χ0) is 11.2. The van der Waals surface area contributed by atoms with E-state index in [4.69, 9.17) is 0 Å². The molecule has 88 valence electrons. The molecule has 3 nitrogen and oxygen atoms in total. The molecule has 2 aliphatic carbocycles. The third-order valence-electron chi connectivity index (χ3n) is 4.24. The number of aliphatic imine (C=N–C) groups is 1. The number of nitrogens with zero attached hydrogens (tertiary/aromatic N) is 1. The molecule has 0 spiro atoms. The van der Waals surface area contributed by atoms with Gasteiger partial charge in [-0.2, -0.15) is 0 Å². The molecule has 0 saturated heterocycles. The van der Waals surface area contributed by atoms with Gasteiger partial charge in [-0.05, 0) is 29.9 Å². The average Bonchev–Trinajstić information content (AvgIpc) is 2.89. The van der Waals surface area contributed by atoms with Gasteiger partial charge in [-0.15, -0.1) is 0 Å². The summed E-state index contributed by atoms with van der Waals surface area (Å²) in [6, 6.07) is 9.49. The molecule has 1 aromatic carbocycles. The van der Waals surface area contributed by atoms with Gasteiger partial charge in [-0.3, -0.25) is 4.99 Å². The molecule has 2 N–H and O–H groups in total. The maximum atomic E-state index is 4.49. The molecule has 1 aliphatic heterocycles. The first-order chi connectivity index (χ1) is 8.43. The molecular weight excluding hydrogens is 210 g/mol. The average molecular weight is 227 g/mol. The summed E-state index contributed by atoms with van der Waals surface area (Å²) in [6.45, 7) is 2.03. The molecule has 1 fully saturated rings. The van der Waals surface area contributed by atoms with Crippen LogP contribution in [0.15, 0.2) is 29.3 Å². The predicted octanol–water partition coefficient (Wildman–Crippen LogP) is 1.26. The first-order valence-corrected chi connectivity index (χ1v) is 6.56. The monoisotopic (exact) mass is 227 g/mol. The molecule has 3 aliphatic rings. The van der Waals surface area contributed by atoms with Crippen molar-refractivity contribution in [3.05, 3.63) is 35.4 Å². The maximum Gasteiger partial charge on any atom is 0.191 e. The quantitative estimate of drug-likeness (QED) is 0.758. The number of nitrogens with one attached hydrogen (secondary N) is 2. The van der Waals surface area contributed by atoms with E-state index in [1.165, 1.54) is 6.42 Å². The lowest BCUT2D eigenvalue weighted by Crippen LogP contribution is -2.42. The van der Waals surface area contributed by atoms with Gasteiger partial charge < -0.3 is 10.6 Å². The summed E-state index contributed by atoms with van der Waals surface area (Å²) in [4.78, 5) is 4.49. The maximum absolute atomic E-state index is 4.49. The zero-order valence-corrected chi connectivity index (χ0v) is 9.82. The van der Waals surface area contributed by atoms with Crippen LogP contribution in [0.3, 0.4) is 0 Å². The second-order valence-electron chi connectivity index (χ2n) is 5.27. The molecule has 0 radical (unpaired) electrons. The van der Waals surface area contributed by atoms with E-state index in [0.717, 1.165) is 37.3 Å². The Labute approximate surface area is 101 Å². The van der Waals surface area contributed by atoms with Gasteiger partial charge in [0.2, 0.25) is 0 Å². The Balaban J connectivity index is 1.50. The first-order valence-electron chi connectivity index (χ1n) is 6.56. The number of hydrogen-bond donors (Lipinski definition) is 2. The van der Waals surface area contributed by atoms with E-state index >= 15 is 0 Å². The summed E-state index contributed by atoms with van der Waals surface area (Å²) < 4.78 is 0. The fourth-order valence-electron chi connectivity index (χ4n) is 3.34. The van der Waals surface area contributed by atoms with Crippen LogP contribution in [0, 0.1) is 5.92 Å². The van der Waals surface area contributed by atoms with Crippen LogP contribution in [0.2, 0.25) is 0 Å². The minimum Gasteiger partial charge on any atom is -0.356 e. The van der Waals surface area contributed by atoms with E-state index in [-0.39, 0.29) is 0 Å². The Bertz CT molecular complexity index is 480. The Hall–Kier alpha value is -1.51. The summed E-state index contributed by atoms with van der Waals surface area (Å²) in [5, 5.41) is 6.92. The van der Waals surface area contributed by atoms with Crippen LogP contribution >= 0.6 is 0 Å². The highest BCUT2D eigenvalue weighted by molar-refractivity contribution is 5.81. The molecular formula is C14H17N3. The van der Waals surface area contributed by atoms with E-state index in [0.29, 0.717) is 6.04 Å². The van der Waals surface area contributed by atoms with E-state index in [9.17, 15) is 0 Å². The summed E-state index contributed by atoms with van der Waals surface area (Å²) in [5.74, 6) is 2.56. The summed E-state index contributed by atoms with van der Waals surface area (Å²) in [7, 11) is 0. The fourth-order valence-corrected chi connectivity index (χ4v) is 3.34. The van der Waals surface area contributed by atoms with Crippen LogP contribution in [0.4, 0.5) is 0 Å². The molecule has 1 heterocycles. The van der Waals surface area contributed by atoms with Crippen molar-refractivity contribution >= 4 is 5.96 Å². The Morgan fingerprint density at radius 3 is 3.12 bits per heavy atom. The standard InChI is InChI=1S/C14H17N3/c1-2-5-10-9(4-1)8-11-12(10)13(11)17-14-15-6-3-7-16-14/h1-2,4-5,11-13H,3,6-8H2,(H2,15,16,17). The Morgan fingerprint density at radius 2 is 2.24 bits per heavy atom. The lowest BCUT2D eigenvalue weighted by Gasteiger charge is -2.17. The van der Waals surface area contributed by atoms with Gasteiger partial charge in [0.05, 0.1) is 0 Å². The summed E-state index contributed by atoms with van der Waals surface area (Å²) in [5.41, 5.74) is 3.12. The largest absolute Gasteiger partial charge is 0.356 e. The van der Waals surface area contributed by atoms with Gasteiger partial charge in [-0.25, -0.2) is 0 Å². The van der Waals surface area contributed by atoms with E-state index in [2.05, 4.69) is 39.9 Å². The van der Waals surface area contributed by atoms with Crippen LogP contribution in [0.1, 0.15) is 23.5 Å². The van der Waals surface area contributed by atoms with Gasteiger partial charge in [0.15, 0.2) is 5.96 Å². The smallest absolute Gasteiger partial charge is 0.191 e. The minimum atomic E-state index is 0.620. The molecule has 17 heavy (non-hydrogen) atoms. The van der Waals surface area contributed by atoms with Gasteiger partial charge >= 0.3 is 0 Å². The topological polar surface area (TPSA) is 36.4 Å². The highest BCUT2D eigenvalue weighted by Crippen LogP contribution is 2.56. The van der Waals surface area contributed by atoms with Crippen LogP contribution < -0.4 is 10.6 Å². The number of rotatable bonds is 1. The molecule has 3 atom stereocenters. The van der Waals surface area contributed by atoms with Crippen molar-refractivity contribution < 1.29 is 0 Å². The molecule has 0 amide bonds. The van der Waals surface area contributed by atoms with Crippen molar-refractivity contribution in [3.8, 4) is 0 Å². The second kappa shape index (κ2) is 3.49. The Kier molecular flexibility index (Phi) is 1.95. The molecule has 1 aromatic rings. The number of guanidine groups is 1. The predicted molar refractivity (Wildman–Crippen MR) is 68.2 cm³/mol. The molecule has 0 aromatic heterocycles. The highest BCUT2D eigenvalue weighted by Gasteiger charge is 2.55. The third kappa shape index (κ3) is 1.45. The molecule has 4 rings (SSSR count). The van der Waals surface area contributed by atoms with Crippen LogP contribution in [-0.2, 0) is 6.42 Å².